The molecule has 6 nitrogen and oxygen atoms in total. The number of halogens is 1. The number of hydrogen-bond donors (Lipinski definition) is 2. The summed E-state index contributed by atoms with van der Waals surface area (Å²) in [6.07, 6.45) is 1.39. The van der Waals surface area contributed by atoms with Crippen LogP contribution in [0, 0.1) is 0 Å². The summed E-state index contributed by atoms with van der Waals surface area (Å²) < 4.78 is 11.0. The molecule has 0 radical (unpaired) electrons. The number of hydrogen-bond acceptors (Lipinski definition) is 6. The van der Waals surface area contributed by atoms with Crippen LogP contribution < -0.4 is 20.5 Å². The van der Waals surface area contributed by atoms with Crippen LogP contribution in [-0.4, -0.2) is 24.2 Å². The van der Waals surface area contributed by atoms with Gasteiger partial charge in [0.15, 0.2) is 0 Å². The van der Waals surface area contributed by atoms with Crippen molar-refractivity contribution in [3.8, 4) is 11.5 Å². The minimum Gasteiger partial charge on any atom is -0.497 e. The molecule has 2 aromatic rings. The minimum absolute atomic E-state index is 0.366. The maximum Gasteiger partial charge on any atom is 0.150 e. The number of methoxy groups -OCH3 is 2. The molecule has 2 rings (SSSR count). The van der Waals surface area contributed by atoms with Crippen molar-refractivity contribution in [3.05, 3.63) is 29.0 Å². The van der Waals surface area contributed by atoms with E-state index in [-0.39, 0.29) is 0 Å². The van der Waals surface area contributed by atoms with Crippen molar-refractivity contribution >= 4 is 33.3 Å². The van der Waals surface area contributed by atoms with E-state index in [0.29, 0.717) is 27.6 Å². The predicted molar refractivity (Wildman–Crippen MR) is 77.0 cm³/mol. The number of anilines is 3. The number of benzene rings is 1. The van der Waals surface area contributed by atoms with E-state index in [1.54, 1.807) is 20.3 Å². The second-order valence-electron chi connectivity index (χ2n) is 3.61. The second-order valence-corrected chi connectivity index (χ2v) is 4.41. The van der Waals surface area contributed by atoms with E-state index in [4.69, 9.17) is 15.2 Å². The smallest absolute Gasteiger partial charge is 0.150 e. The Morgan fingerprint density at radius 3 is 2.68 bits per heavy atom. The molecule has 0 spiro atoms. The number of nitrogens with zero attached hydrogens (tertiary/aromatic N) is 2. The Bertz CT molecular complexity index is 592. The monoisotopic (exact) mass is 324 g/mol. The van der Waals surface area contributed by atoms with E-state index < -0.39 is 0 Å². The lowest BCUT2D eigenvalue weighted by atomic mass is 10.2. The molecule has 1 aromatic carbocycles. The summed E-state index contributed by atoms with van der Waals surface area (Å²) in [5.41, 5.74) is 6.45. The molecule has 0 aliphatic heterocycles. The van der Waals surface area contributed by atoms with E-state index in [1.807, 2.05) is 12.1 Å². The molecular formula is C12H13BrN4O2. The Hall–Kier alpha value is -2.02. The molecular weight excluding hydrogens is 312 g/mol. The first-order valence-electron chi connectivity index (χ1n) is 5.40. The van der Waals surface area contributed by atoms with Gasteiger partial charge in [-0.25, -0.2) is 9.97 Å². The van der Waals surface area contributed by atoms with Gasteiger partial charge in [0.05, 0.1) is 19.9 Å². The summed E-state index contributed by atoms with van der Waals surface area (Å²) in [6.45, 7) is 0. The fourth-order valence-electron chi connectivity index (χ4n) is 1.50. The molecule has 1 heterocycles. The standard InChI is InChI=1S/C12H13BrN4O2/c1-18-7-3-4-8(9(5-7)19-2)17-12-10(13)11(14)15-6-16-12/h3-6H,1-2H3,(H3,14,15,16,17). The van der Waals surface area contributed by atoms with Gasteiger partial charge in [-0.3, -0.25) is 0 Å². The van der Waals surface area contributed by atoms with Crippen LogP contribution in [0.15, 0.2) is 29.0 Å². The predicted octanol–water partition coefficient (Wildman–Crippen LogP) is 2.58. The molecule has 0 unspecified atom stereocenters. The maximum absolute atomic E-state index is 5.70. The van der Waals surface area contributed by atoms with Crippen LogP contribution in [-0.2, 0) is 0 Å². The van der Waals surface area contributed by atoms with Crippen LogP contribution in [0.4, 0.5) is 17.3 Å². The molecule has 0 aliphatic rings. The van der Waals surface area contributed by atoms with Crippen molar-refractivity contribution in [3.63, 3.8) is 0 Å². The van der Waals surface area contributed by atoms with Gasteiger partial charge >= 0.3 is 0 Å². The lowest BCUT2D eigenvalue weighted by molar-refractivity contribution is 0.395. The third kappa shape index (κ3) is 2.87. The van der Waals surface area contributed by atoms with Crippen molar-refractivity contribution in [1.29, 1.82) is 0 Å². The summed E-state index contributed by atoms with van der Waals surface area (Å²) in [5, 5.41) is 3.13. The highest BCUT2D eigenvalue weighted by Gasteiger charge is 2.10. The topological polar surface area (TPSA) is 82.3 Å². The summed E-state index contributed by atoms with van der Waals surface area (Å²) in [5.74, 6) is 2.29. The van der Waals surface area contributed by atoms with Gasteiger partial charge in [0.2, 0.25) is 0 Å². The lowest BCUT2D eigenvalue weighted by Crippen LogP contribution is -2.01. The minimum atomic E-state index is 0.366. The molecule has 0 amide bonds. The Balaban J connectivity index is 2.35. The van der Waals surface area contributed by atoms with Gasteiger partial charge in [0.25, 0.3) is 0 Å². The largest absolute Gasteiger partial charge is 0.497 e. The molecule has 7 heteroatoms. The van der Waals surface area contributed by atoms with E-state index in [1.165, 1.54) is 6.33 Å². The molecule has 3 N–H and O–H groups in total. The van der Waals surface area contributed by atoms with Crippen LogP contribution in [0.3, 0.4) is 0 Å². The maximum atomic E-state index is 5.70. The van der Waals surface area contributed by atoms with Gasteiger partial charge in [-0.2, -0.15) is 0 Å². The van der Waals surface area contributed by atoms with Gasteiger partial charge in [-0.1, -0.05) is 0 Å². The fraction of sp³-hybridized carbons (Fsp3) is 0.167. The molecule has 0 fully saturated rings. The highest BCUT2D eigenvalue weighted by molar-refractivity contribution is 9.10. The fourth-order valence-corrected chi connectivity index (χ4v) is 1.80. The Labute approximate surface area is 119 Å². The third-order valence-corrected chi connectivity index (χ3v) is 3.26. The van der Waals surface area contributed by atoms with E-state index in [0.717, 1.165) is 5.69 Å². The first kappa shape index (κ1) is 13.4. The molecule has 100 valence electrons. The van der Waals surface area contributed by atoms with E-state index in [9.17, 15) is 0 Å². The quantitative estimate of drug-likeness (QED) is 0.899. The van der Waals surface area contributed by atoms with Crippen LogP contribution >= 0.6 is 15.9 Å². The molecule has 0 saturated heterocycles. The molecule has 19 heavy (non-hydrogen) atoms. The van der Waals surface area contributed by atoms with Crippen LogP contribution in [0.1, 0.15) is 0 Å². The van der Waals surface area contributed by atoms with Crippen LogP contribution in [0.5, 0.6) is 11.5 Å². The first-order chi connectivity index (χ1) is 9.15. The number of rotatable bonds is 4. The normalized spacial score (nSPS) is 10.1. The SMILES string of the molecule is COc1ccc(Nc2ncnc(N)c2Br)c(OC)c1. The van der Waals surface area contributed by atoms with Gasteiger partial charge in [0, 0.05) is 6.07 Å². The molecule has 0 atom stereocenters. The Morgan fingerprint density at radius 1 is 1.21 bits per heavy atom. The van der Waals surface area contributed by atoms with Crippen LogP contribution in [0.25, 0.3) is 0 Å². The van der Waals surface area contributed by atoms with Crippen LogP contribution in [0.2, 0.25) is 0 Å². The van der Waals surface area contributed by atoms with Gasteiger partial charge in [-0.05, 0) is 28.1 Å². The highest BCUT2D eigenvalue weighted by Crippen LogP contribution is 2.33. The molecule has 0 aliphatic carbocycles. The summed E-state index contributed by atoms with van der Waals surface area (Å²) in [7, 11) is 3.19. The van der Waals surface area contributed by atoms with Crippen molar-refractivity contribution < 1.29 is 9.47 Å². The Morgan fingerprint density at radius 2 is 2.00 bits per heavy atom. The zero-order valence-corrected chi connectivity index (χ0v) is 12.1. The first-order valence-corrected chi connectivity index (χ1v) is 6.20. The zero-order valence-electron chi connectivity index (χ0n) is 10.5. The van der Waals surface area contributed by atoms with Gasteiger partial charge in [-0.15, -0.1) is 0 Å². The van der Waals surface area contributed by atoms with Crippen molar-refractivity contribution in [1.82, 2.24) is 9.97 Å². The van der Waals surface area contributed by atoms with E-state index in [2.05, 4.69) is 31.2 Å². The van der Waals surface area contributed by atoms with E-state index >= 15 is 0 Å². The summed E-state index contributed by atoms with van der Waals surface area (Å²) >= 11 is 3.33. The third-order valence-electron chi connectivity index (χ3n) is 2.48. The second kappa shape index (κ2) is 5.75. The average molecular weight is 325 g/mol. The average Bonchev–Trinajstić information content (AvgIpc) is 2.44. The molecule has 0 bridgehead atoms. The number of nitrogens with two attached hydrogens (primary N) is 1. The van der Waals surface area contributed by atoms with Crippen molar-refractivity contribution in [2.75, 3.05) is 25.3 Å². The Kier molecular flexibility index (Phi) is 4.06. The van der Waals surface area contributed by atoms with Crippen molar-refractivity contribution in [2.45, 2.75) is 0 Å². The molecule has 0 saturated carbocycles. The lowest BCUT2D eigenvalue weighted by Gasteiger charge is -2.13. The van der Waals surface area contributed by atoms with Gasteiger partial charge < -0.3 is 20.5 Å². The highest BCUT2D eigenvalue weighted by atomic mass is 79.9. The van der Waals surface area contributed by atoms with Gasteiger partial charge in [0.1, 0.15) is 33.9 Å². The summed E-state index contributed by atoms with van der Waals surface area (Å²) in [6, 6.07) is 5.44. The number of aromatic nitrogens is 2. The molecule has 1 aromatic heterocycles. The summed E-state index contributed by atoms with van der Waals surface area (Å²) in [4.78, 5) is 8.00. The number of ether oxygens (including phenoxy) is 2. The number of nitrogen functional groups attached to an aromatic ring is 1. The van der Waals surface area contributed by atoms with Crippen molar-refractivity contribution in [2.24, 2.45) is 0 Å². The zero-order chi connectivity index (χ0) is 13.8. The number of nitrogens with one attached hydrogen (secondary N) is 1.